The van der Waals surface area contributed by atoms with Crippen molar-refractivity contribution in [3.05, 3.63) is 36.0 Å². The minimum absolute atomic E-state index is 0.0507. The predicted octanol–water partition coefficient (Wildman–Crippen LogP) is 4.62. The molecule has 4 aliphatic rings. The standard InChI is InChI=1S/C33H50N2O8/c1-22(9-12-26-19-33(21-40-33)20-27(43-26)18-31(37)39-5)10-13-29-23(2)17-28(25(4)42-29)34-30(36)14-11-24(3)41-32(38)35-15-7-6-8-16-35/h9-12,14,23-29H,6-8,13,15-21H2,1-5H3,(H,34,36)/b12-9+,14-11-,22-10+/t23-,24-,25+,26+,27+,28+,29-,33+/m0/s1. The number of allylic oxidation sites excluding steroid dienone is 2. The van der Waals surface area contributed by atoms with E-state index < -0.39 is 6.10 Å². The van der Waals surface area contributed by atoms with Crippen molar-refractivity contribution in [2.45, 2.75) is 121 Å². The van der Waals surface area contributed by atoms with E-state index in [9.17, 15) is 14.4 Å². The van der Waals surface area contributed by atoms with Gasteiger partial charge in [0.25, 0.3) is 0 Å². The maximum absolute atomic E-state index is 12.6. The highest BCUT2D eigenvalue weighted by Crippen LogP contribution is 2.43. The largest absolute Gasteiger partial charge is 0.469 e. The second kappa shape index (κ2) is 15.3. The third kappa shape index (κ3) is 10.2. The monoisotopic (exact) mass is 602 g/mol. The van der Waals surface area contributed by atoms with Crippen LogP contribution in [0.5, 0.6) is 0 Å². The van der Waals surface area contributed by atoms with Gasteiger partial charge in [-0.3, -0.25) is 9.59 Å². The summed E-state index contributed by atoms with van der Waals surface area (Å²) in [5.74, 6) is -0.225. The predicted molar refractivity (Wildman–Crippen MR) is 161 cm³/mol. The Kier molecular flexibility index (Phi) is 11.9. The normalized spacial score (nSPS) is 33.9. The zero-order valence-corrected chi connectivity index (χ0v) is 26.4. The molecule has 4 heterocycles. The second-order valence-electron chi connectivity index (χ2n) is 12.7. The number of carbonyl (C=O) groups is 3. The molecule has 43 heavy (non-hydrogen) atoms. The SMILES string of the molecule is COC(=O)C[C@@H]1C[C@@]2(CO2)C[C@@H](/C=C/C(C)=C/C[C@@H]2O[C@H](C)[C@H](NC(=O)/C=C\[C@H](C)OC(=O)N3CCCCC3)C[C@@H]2C)O1. The van der Waals surface area contributed by atoms with Gasteiger partial charge < -0.3 is 33.9 Å². The third-order valence-electron chi connectivity index (χ3n) is 8.92. The molecule has 0 bridgehead atoms. The van der Waals surface area contributed by atoms with E-state index in [0.717, 1.165) is 63.6 Å². The molecule has 0 aromatic heterocycles. The molecular weight excluding hydrogens is 552 g/mol. The van der Waals surface area contributed by atoms with Crippen LogP contribution < -0.4 is 5.32 Å². The van der Waals surface area contributed by atoms with E-state index in [1.807, 2.05) is 6.92 Å². The lowest BCUT2D eigenvalue weighted by atomic mass is 9.88. The van der Waals surface area contributed by atoms with Gasteiger partial charge in [-0.1, -0.05) is 30.7 Å². The first-order chi connectivity index (χ1) is 20.6. The van der Waals surface area contributed by atoms with Crippen molar-refractivity contribution in [3.8, 4) is 0 Å². The summed E-state index contributed by atoms with van der Waals surface area (Å²) in [4.78, 5) is 38.4. The molecule has 2 amide bonds. The van der Waals surface area contributed by atoms with Crippen molar-refractivity contribution < 1.29 is 38.1 Å². The first-order valence-corrected chi connectivity index (χ1v) is 15.9. The van der Waals surface area contributed by atoms with Crippen LogP contribution in [0.2, 0.25) is 0 Å². The number of hydrogen-bond acceptors (Lipinski definition) is 8. The number of rotatable bonds is 10. The lowest BCUT2D eigenvalue weighted by molar-refractivity contribution is -0.147. The Labute approximate surface area is 256 Å². The van der Waals surface area contributed by atoms with Gasteiger partial charge in [0.2, 0.25) is 5.91 Å². The summed E-state index contributed by atoms with van der Waals surface area (Å²) < 4.78 is 28.5. The van der Waals surface area contributed by atoms with Crippen LogP contribution in [0.4, 0.5) is 4.79 Å². The number of esters is 1. The van der Waals surface area contributed by atoms with E-state index in [0.29, 0.717) is 6.61 Å². The molecule has 10 nitrogen and oxygen atoms in total. The minimum atomic E-state index is -0.485. The Morgan fingerprint density at radius 3 is 2.53 bits per heavy atom. The Balaban J connectivity index is 1.20. The molecule has 4 aliphatic heterocycles. The van der Waals surface area contributed by atoms with E-state index in [1.54, 1.807) is 17.9 Å². The number of carbonyl (C=O) groups excluding carboxylic acids is 3. The van der Waals surface area contributed by atoms with Crippen molar-refractivity contribution in [2.75, 3.05) is 26.8 Å². The van der Waals surface area contributed by atoms with E-state index in [-0.39, 0.29) is 66.4 Å². The zero-order valence-electron chi connectivity index (χ0n) is 26.4. The van der Waals surface area contributed by atoms with Crippen molar-refractivity contribution in [2.24, 2.45) is 5.92 Å². The summed E-state index contributed by atoms with van der Waals surface area (Å²) in [6, 6.07) is -0.0991. The number of epoxide rings is 1. The molecule has 0 saturated carbocycles. The fourth-order valence-corrected chi connectivity index (χ4v) is 6.19. The zero-order chi connectivity index (χ0) is 31.0. The van der Waals surface area contributed by atoms with Crippen LogP contribution in [0.25, 0.3) is 0 Å². The van der Waals surface area contributed by atoms with Crippen molar-refractivity contribution in [3.63, 3.8) is 0 Å². The van der Waals surface area contributed by atoms with Gasteiger partial charge >= 0.3 is 12.1 Å². The van der Waals surface area contributed by atoms with Gasteiger partial charge in [-0.2, -0.15) is 0 Å². The molecule has 0 aromatic carbocycles. The van der Waals surface area contributed by atoms with Crippen LogP contribution in [0.1, 0.15) is 79.1 Å². The molecule has 4 rings (SSSR count). The van der Waals surface area contributed by atoms with Gasteiger partial charge in [0, 0.05) is 32.0 Å². The van der Waals surface area contributed by atoms with Crippen LogP contribution in [-0.4, -0.2) is 91.8 Å². The molecule has 4 fully saturated rings. The van der Waals surface area contributed by atoms with Crippen molar-refractivity contribution >= 4 is 18.0 Å². The average Bonchev–Trinajstić information content (AvgIpc) is 3.73. The first-order valence-electron chi connectivity index (χ1n) is 15.9. The third-order valence-corrected chi connectivity index (χ3v) is 8.92. The Morgan fingerprint density at radius 1 is 1.09 bits per heavy atom. The number of methoxy groups -OCH3 is 1. The lowest BCUT2D eigenvalue weighted by Gasteiger charge is -2.39. The molecule has 1 spiro atoms. The quantitative estimate of drug-likeness (QED) is 0.167. The number of nitrogens with zero attached hydrogens (tertiary/aromatic N) is 1. The fraction of sp³-hybridized carbons (Fsp3) is 0.727. The molecule has 4 saturated heterocycles. The number of amides is 2. The Morgan fingerprint density at radius 2 is 1.84 bits per heavy atom. The number of nitrogens with one attached hydrogen (secondary N) is 1. The molecule has 0 unspecified atom stereocenters. The van der Waals surface area contributed by atoms with Gasteiger partial charge in [-0.15, -0.1) is 0 Å². The summed E-state index contributed by atoms with van der Waals surface area (Å²) >= 11 is 0. The summed E-state index contributed by atoms with van der Waals surface area (Å²) in [5.41, 5.74) is 0.952. The maximum atomic E-state index is 12.6. The summed E-state index contributed by atoms with van der Waals surface area (Å²) in [6.45, 7) is 10.1. The van der Waals surface area contributed by atoms with E-state index in [1.165, 1.54) is 13.2 Å². The van der Waals surface area contributed by atoms with Gasteiger partial charge in [0.1, 0.15) is 6.10 Å². The number of piperidine rings is 1. The van der Waals surface area contributed by atoms with Crippen LogP contribution in [0, 0.1) is 5.92 Å². The molecule has 0 aromatic rings. The smallest absolute Gasteiger partial charge is 0.410 e. The van der Waals surface area contributed by atoms with E-state index in [4.69, 9.17) is 23.7 Å². The second-order valence-corrected chi connectivity index (χ2v) is 12.7. The first kappa shape index (κ1) is 33.2. The molecule has 1 N–H and O–H groups in total. The van der Waals surface area contributed by atoms with Crippen LogP contribution >= 0.6 is 0 Å². The molecule has 10 heteroatoms. The topological polar surface area (TPSA) is 116 Å². The van der Waals surface area contributed by atoms with Crippen LogP contribution in [-0.2, 0) is 33.3 Å². The average molecular weight is 603 g/mol. The van der Waals surface area contributed by atoms with E-state index >= 15 is 0 Å². The Hall–Kier alpha value is -2.69. The van der Waals surface area contributed by atoms with Gasteiger partial charge in [0.05, 0.1) is 56.2 Å². The Bertz CT molecular complexity index is 1060. The number of likely N-dealkylation sites (tertiary alicyclic amines) is 1. The summed E-state index contributed by atoms with van der Waals surface area (Å²) in [6.07, 6.45) is 14.7. The molecular formula is C33H50N2O8. The maximum Gasteiger partial charge on any atom is 0.410 e. The summed E-state index contributed by atoms with van der Waals surface area (Å²) in [5, 5.41) is 3.06. The highest BCUT2D eigenvalue weighted by molar-refractivity contribution is 5.87. The summed E-state index contributed by atoms with van der Waals surface area (Å²) in [7, 11) is 1.39. The number of hydrogen-bond donors (Lipinski definition) is 1. The molecule has 0 radical (unpaired) electrons. The van der Waals surface area contributed by atoms with Crippen LogP contribution in [0.15, 0.2) is 36.0 Å². The van der Waals surface area contributed by atoms with Crippen molar-refractivity contribution in [1.29, 1.82) is 0 Å². The van der Waals surface area contributed by atoms with E-state index in [2.05, 4.69) is 37.4 Å². The van der Waals surface area contributed by atoms with Gasteiger partial charge in [-0.05, 0) is 64.9 Å². The van der Waals surface area contributed by atoms with Gasteiger partial charge in [-0.25, -0.2) is 4.79 Å². The fourth-order valence-electron chi connectivity index (χ4n) is 6.19. The van der Waals surface area contributed by atoms with Crippen molar-refractivity contribution in [1.82, 2.24) is 10.2 Å². The highest BCUT2D eigenvalue weighted by atomic mass is 16.6. The van der Waals surface area contributed by atoms with Gasteiger partial charge in [0.15, 0.2) is 0 Å². The minimum Gasteiger partial charge on any atom is -0.469 e. The lowest BCUT2D eigenvalue weighted by Crippen LogP contribution is -2.50. The number of ether oxygens (including phenoxy) is 5. The molecule has 240 valence electrons. The highest BCUT2D eigenvalue weighted by Gasteiger charge is 2.51. The molecule has 0 aliphatic carbocycles. The van der Waals surface area contributed by atoms with Crippen LogP contribution in [0.3, 0.4) is 0 Å². The molecule has 8 atom stereocenters.